The van der Waals surface area contributed by atoms with Crippen molar-refractivity contribution >= 4 is 35.0 Å². The number of carbonyl (C=O) groups excluding carboxylic acids is 1. The minimum absolute atomic E-state index is 0.161. The highest BCUT2D eigenvalue weighted by atomic mass is 35.5. The maximum Gasteiger partial charge on any atom is 0.234 e. The highest BCUT2D eigenvalue weighted by molar-refractivity contribution is 7.99. The van der Waals surface area contributed by atoms with Crippen LogP contribution in [-0.2, 0) is 11.3 Å². The Morgan fingerprint density at radius 1 is 1.19 bits per heavy atom. The van der Waals surface area contributed by atoms with Crippen molar-refractivity contribution in [1.82, 2.24) is 14.8 Å². The Labute approximate surface area is 190 Å². The first-order valence-corrected chi connectivity index (χ1v) is 10.8. The molecule has 0 bridgehead atoms. The summed E-state index contributed by atoms with van der Waals surface area (Å²) in [5.74, 6) is 1.88. The van der Waals surface area contributed by atoms with E-state index in [0.717, 1.165) is 11.1 Å². The van der Waals surface area contributed by atoms with E-state index in [-0.39, 0.29) is 11.7 Å². The van der Waals surface area contributed by atoms with Gasteiger partial charge in [-0.15, -0.1) is 16.8 Å². The fourth-order valence-electron chi connectivity index (χ4n) is 2.88. The van der Waals surface area contributed by atoms with Gasteiger partial charge in [-0.1, -0.05) is 35.5 Å². The highest BCUT2D eigenvalue weighted by Crippen LogP contribution is 2.33. The van der Waals surface area contributed by atoms with Crippen LogP contribution in [0.25, 0.3) is 11.4 Å². The van der Waals surface area contributed by atoms with E-state index >= 15 is 0 Å². The summed E-state index contributed by atoms with van der Waals surface area (Å²) >= 11 is 7.42. The molecule has 1 amide bonds. The van der Waals surface area contributed by atoms with Crippen LogP contribution in [0.3, 0.4) is 0 Å². The first-order chi connectivity index (χ1) is 15.0. The summed E-state index contributed by atoms with van der Waals surface area (Å²) < 4.78 is 12.6. The smallest absolute Gasteiger partial charge is 0.234 e. The van der Waals surface area contributed by atoms with Crippen LogP contribution in [0, 0.1) is 6.92 Å². The average Bonchev–Trinajstić information content (AvgIpc) is 3.17. The van der Waals surface area contributed by atoms with Crippen molar-refractivity contribution in [2.24, 2.45) is 0 Å². The van der Waals surface area contributed by atoms with E-state index in [0.29, 0.717) is 39.7 Å². The molecule has 3 rings (SSSR count). The first-order valence-electron chi connectivity index (χ1n) is 9.42. The lowest BCUT2D eigenvalue weighted by Gasteiger charge is -2.11. The van der Waals surface area contributed by atoms with Gasteiger partial charge in [-0.3, -0.25) is 9.36 Å². The molecule has 1 aromatic heterocycles. The lowest BCUT2D eigenvalue weighted by Crippen LogP contribution is -2.14. The summed E-state index contributed by atoms with van der Waals surface area (Å²) in [6, 6.07) is 10.9. The number of rotatable bonds is 9. The van der Waals surface area contributed by atoms with Gasteiger partial charge in [-0.25, -0.2) is 0 Å². The van der Waals surface area contributed by atoms with Crippen LogP contribution in [0.5, 0.6) is 11.5 Å². The number of amides is 1. The van der Waals surface area contributed by atoms with Crippen LogP contribution in [-0.4, -0.2) is 40.6 Å². The van der Waals surface area contributed by atoms with E-state index in [1.807, 2.05) is 41.8 Å². The molecular formula is C22H23ClN4O3S. The normalized spacial score (nSPS) is 10.6. The second-order valence-electron chi connectivity index (χ2n) is 6.58. The third-order valence-electron chi connectivity index (χ3n) is 4.46. The predicted molar refractivity (Wildman–Crippen MR) is 124 cm³/mol. The molecule has 2 aromatic carbocycles. The van der Waals surface area contributed by atoms with E-state index in [9.17, 15) is 4.79 Å². The maximum atomic E-state index is 12.4. The van der Waals surface area contributed by atoms with Crippen LogP contribution in [0.1, 0.15) is 5.56 Å². The number of methoxy groups -OCH3 is 2. The zero-order chi connectivity index (χ0) is 22.4. The number of nitrogens with zero attached hydrogens (tertiary/aromatic N) is 3. The predicted octanol–water partition coefficient (Wildman–Crippen LogP) is 4.84. The average molecular weight is 459 g/mol. The minimum atomic E-state index is -0.161. The third kappa shape index (κ3) is 5.39. The fourth-order valence-corrected chi connectivity index (χ4v) is 3.80. The van der Waals surface area contributed by atoms with Gasteiger partial charge in [0.1, 0.15) is 0 Å². The van der Waals surface area contributed by atoms with E-state index in [4.69, 9.17) is 21.1 Å². The number of nitrogens with one attached hydrogen (secondary N) is 1. The summed E-state index contributed by atoms with van der Waals surface area (Å²) in [4.78, 5) is 12.4. The number of thioether (sulfide) groups is 1. The zero-order valence-electron chi connectivity index (χ0n) is 17.5. The van der Waals surface area contributed by atoms with Gasteiger partial charge in [-0.2, -0.15) is 0 Å². The number of hydrogen-bond acceptors (Lipinski definition) is 6. The third-order valence-corrected chi connectivity index (χ3v) is 5.83. The van der Waals surface area contributed by atoms with Crippen molar-refractivity contribution in [2.45, 2.75) is 18.6 Å². The monoisotopic (exact) mass is 458 g/mol. The van der Waals surface area contributed by atoms with Crippen molar-refractivity contribution < 1.29 is 14.3 Å². The number of halogens is 1. The molecule has 0 atom stereocenters. The standard InChI is InChI=1S/C22H23ClN4O3S/c1-5-10-27-21(15-7-9-18(29-3)19(11-15)30-4)25-26-22(27)31-13-20(28)24-16-8-6-14(2)17(23)12-16/h5-9,11-12H,1,10,13H2,2-4H3,(H,24,28). The Morgan fingerprint density at radius 2 is 1.97 bits per heavy atom. The Balaban J connectivity index is 1.76. The molecule has 0 aliphatic rings. The second-order valence-corrected chi connectivity index (χ2v) is 7.93. The molecule has 0 saturated carbocycles. The van der Waals surface area contributed by atoms with Gasteiger partial charge in [-0.05, 0) is 42.8 Å². The summed E-state index contributed by atoms with van der Waals surface area (Å²) in [6.07, 6.45) is 1.76. The van der Waals surface area contributed by atoms with E-state index < -0.39 is 0 Å². The summed E-state index contributed by atoms with van der Waals surface area (Å²) in [6.45, 7) is 6.22. The summed E-state index contributed by atoms with van der Waals surface area (Å²) in [5, 5.41) is 12.7. The van der Waals surface area contributed by atoms with Crippen molar-refractivity contribution in [3.8, 4) is 22.9 Å². The molecule has 1 heterocycles. The number of hydrogen-bond donors (Lipinski definition) is 1. The maximum absolute atomic E-state index is 12.4. The number of ether oxygens (including phenoxy) is 2. The highest BCUT2D eigenvalue weighted by Gasteiger charge is 2.17. The van der Waals surface area contributed by atoms with Crippen molar-refractivity contribution in [3.05, 3.63) is 59.6 Å². The lowest BCUT2D eigenvalue weighted by atomic mass is 10.2. The van der Waals surface area contributed by atoms with Crippen LogP contribution in [0.4, 0.5) is 5.69 Å². The van der Waals surface area contributed by atoms with Crippen molar-refractivity contribution in [2.75, 3.05) is 25.3 Å². The Bertz CT molecular complexity index is 1100. The molecule has 1 N–H and O–H groups in total. The van der Waals surface area contributed by atoms with E-state index in [2.05, 4.69) is 22.1 Å². The quantitative estimate of drug-likeness (QED) is 0.365. The zero-order valence-corrected chi connectivity index (χ0v) is 19.1. The number of aromatic nitrogens is 3. The SMILES string of the molecule is C=CCn1c(SCC(=O)Nc2ccc(C)c(Cl)c2)nnc1-c1ccc(OC)c(OC)c1. The van der Waals surface area contributed by atoms with E-state index in [1.165, 1.54) is 11.8 Å². The number of aryl methyl sites for hydroxylation is 1. The second kappa shape index (κ2) is 10.4. The largest absolute Gasteiger partial charge is 0.493 e. The molecule has 0 unspecified atom stereocenters. The molecular weight excluding hydrogens is 436 g/mol. The molecule has 3 aromatic rings. The van der Waals surface area contributed by atoms with Gasteiger partial charge < -0.3 is 14.8 Å². The van der Waals surface area contributed by atoms with Crippen LogP contribution >= 0.6 is 23.4 Å². The molecule has 9 heteroatoms. The van der Waals surface area contributed by atoms with Crippen LogP contribution in [0.2, 0.25) is 5.02 Å². The summed E-state index contributed by atoms with van der Waals surface area (Å²) in [5.41, 5.74) is 2.42. The van der Waals surface area contributed by atoms with Gasteiger partial charge >= 0.3 is 0 Å². The van der Waals surface area contributed by atoms with Crippen molar-refractivity contribution in [1.29, 1.82) is 0 Å². The Hall–Kier alpha value is -2.97. The first kappa shape index (κ1) is 22.7. The van der Waals surface area contributed by atoms with Crippen LogP contribution < -0.4 is 14.8 Å². The van der Waals surface area contributed by atoms with Crippen LogP contribution in [0.15, 0.2) is 54.2 Å². The molecule has 0 radical (unpaired) electrons. The van der Waals surface area contributed by atoms with Gasteiger partial charge in [0, 0.05) is 22.8 Å². The fraction of sp³-hybridized carbons (Fsp3) is 0.227. The Kier molecular flexibility index (Phi) is 7.59. The van der Waals surface area contributed by atoms with Gasteiger partial charge in [0.2, 0.25) is 5.91 Å². The number of carbonyl (C=O) groups is 1. The molecule has 31 heavy (non-hydrogen) atoms. The molecule has 0 aliphatic heterocycles. The molecule has 162 valence electrons. The van der Waals surface area contributed by atoms with Gasteiger partial charge in [0.25, 0.3) is 0 Å². The lowest BCUT2D eigenvalue weighted by molar-refractivity contribution is -0.113. The van der Waals surface area contributed by atoms with Gasteiger partial charge in [0.15, 0.2) is 22.5 Å². The number of benzene rings is 2. The van der Waals surface area contributed by atoms with Gasteiger partial charge in [0.05, 0.1) is 20.0 Å². The molecule has 0 saturated heterocycles. The topological polar surface area (TPSA) is 78.3 Å². The number of allylic oxidation sites excluding steroid dienone is 1. The van der Waals surface area contributed by atoms with Crippen molar-refractivity contribution in [3.63, 3.8) is 0 Å². The Morgan fingerprint density at radius 3 is 2.65 bits per heavy atom. The van der Waals surface area contributed by atoms with E-state index in [1.54, 1.807) is 26.4 Å². The summed E-state index contributed by atoms with van der Waals surface area (Å²) in [7, 11) is 3.17. The molecule has 7 nitrogen and oxygen atoms in total. The molecule has 0 spiro atoms. The minimum Gasteiger partial charge on any atom is -0.493 e. The number of anilines is 1. The molecule has 0 fully saturated rings. The molecule has 0 aliphatic carbocycles.